The second-order valence-corrected chi connectivity index (χ2v) is 11.6. The summed E-state index contributed by atoms with van der Waals surface area (Å²) in [6.07, 6.45) is 43.7. The molecule has 1 heteroatoms. The average molecular weight is 524 g/mol. The van der Waals surface area contributed by atoms with Crippen molar-refractivity contribution in [2.75, 3.05) is 13.1 Å². The molecule has 1 N–H and O–H groups in total. The number of unbranched alkanes of at least 4 members (excludes halogenated alkanes) is 28. The SMILES string of the molecule is CC.CCCCCCCCCCCCCCCCCCNCCCCCCCCCCCCCCCC. The maximum atomic E-state index is 3.68. The standard InChI is InChI=1S/C34H71N.C2H6/c1-3-5-7-9-11-13-15-17-19-20-22-24-26-28-30-32-34-35-33-31-29-27-25-23-21-18-16-14-12-10-8-6-4-2;1-2/h35H,3-34H2,1-2H3;1-2H3. The van der Waals surface area contributed by atoms with Crippen LogP contribution in [0.15, 0.2) is 0 Å². The van der Waals surface area contributed by atoms with Gasteiger partial charge in [-0.1, -0.05) is 207 Å². The van der Waals surface area contributed by atoms with E-state index in [0.717, 1.165) is 0 Å². The van der Waals surface area contributed by atoms with Crippen LogP contribution < -0.4 is 5.32 Å². The maximum absolute atomic E-state index is 3.68. The van der Waals surface area contributed by atoms with E-state index in [0.29, 0.717) is 0 Å². The number of hydrogen-bond acceptors (Lipinski definition) is 1. The molecule has 0 atom stereocenters. The quantitative estimate of drug-likeness (QED) is 0.0864. The molecule has 37 heavy (non-hydrogen) atoms. The normalized spacial score (nSPS) is 11.0. The molecular weight excluding hydrogens is 446 g/mol. The van der Waals surface area contributed by atoms with E-state index in [-0.39, 0.29) is 0 Å². The molecule has 0 unspecified atom stereocenters. The van der Waals surface area contributed by atoms with Crippen LogP contribution in [0, 0.1) is 0 Å². The molecule has 1 nitrogen and oxygen atoms in total. The Morgan fingerprint density at radius 3 is 0.595 bits per heavy atom. The maximum Gasteiger partial charge on any atom is -0.00489 e. The van der Waals surface area contributed by atoms with Gasteiger partial charge in [-0.05, 0) is 25.9 Å². The summed E-state index contributed by atoms with van der Waals surface area (Å²) in [7, 11) is 0. The second kappa shape index (κ2) is 40.5. The van der Waals surface area contributed by atoms with Crippen LogP contribution in [0.5, 0.6) is 0 Å². The summed E-state index contributed by atoms with van der Waals surface area (Å²) >= 11 is 0. The highest BCUT2D eigenvalue weighted by Crippen LogP contribution is 2.14. The Labute approximate surface area is 238 Å². The lowest BCUT2D eigenvalue weighted by atomic mass is 10.0. The summed E-state index contributed by atoms with van der Waals surface area (Å²) in [6.45, 7) is 11.1. The largest absolute Gasteiger partial charge is 0.317 e. The average Bonchev–Trinajstić information content (AvgIpc) is 2.93. The number of rotatable bonds is 32. The first kappa shape index (κ1) is 39.1. The fourth-order valence-corrected chi connectivity index (χ4v) is 5.37. The highest BCUT2D eigenvalue weighted by atomic mass is 14.8. The van der Waals surface area contributed by atoms with Gasteiger partial charge in [0.25, 0.3) is 0 Å². The molecular formula is C36H77N. The Balaban J connectivity index is 0. The Hall–Kier alpha value is -0.0400. The van der Waals surface area contributed by atoms with E-state index in [2.05, 4.69) is 19.2 Å². The van der Waals surface area contributed by atoms with E-state index >= 15 is 0 Å². The van der Waals surface area contributed by atoms with Gasteiger partial charge >= 0.3 is 0 Å². The number of nitrogens with one attached hydrogen (secondary N) is 1. The highest BCUT2D eigenvalue weighted by Gasteiger charge is 1.96. The molecule has 0 aliphatic carbocycles. The van der Waals surface area contributed by atoms with Crippen molar-refractivity contribution < 1.29 is 0 Å². The Morgan fingerprint density at radius 2 is 0.405 bits per heavy atom. The van der Waals surface area contributed by atoms with Crippen LogP contribution in [0.4, 0.5) is 0 Å². The van der Waals surface area contributed by atoms with Crippen LogP contribution in [-0.2, 0) is 0 Å². The molecule has 0 saturated carbocycles. The fourth-order valence-electron chi connectivity index (χ4n) is 5.37. The van der Waals surface area contributed by atoms with Crippen LogP contribution >= 0.6 is 0 Å². The van der Waals surface area contributed by atoms with Crippen molar-refractivity contribution in [3.05, 3.63) is 0 Å². The van der Waals surface area contributed by atoms with Gasteiger partial charge in [-0.15, -0.1) is 0 Å². The van der Waals surface area contributed by atoms with Crippen molar-refractivity contribution in [1.29, 1.82) is 0 Å². The summed E-state index contributed by atoms with van der Waals surface area (Å²) in [4.78, 5) is 0. The van der Waals surface area contributed by atoms with Gasteiger partial charge in [0.05, 0.1) is 0 Å². The zero-order chi connectivity index (χ0) is 27.3. The molecule has 0 aromatic carbocycles. The molecule has 0 saturated heterocycles. The summed E-state index contributed by atoms with van der Waals surface area (Å²) in [6, 6.07) is 0. The molecule has 0 fully saturated rings. The van der Waals surface area contributed by atoms with E-state index < -0.39 is 0 Å². The Kier molecular flexibility index (Phi) is 42.8. The molecule has 0 spiro atoms. The van der Waals surface area contributed by atoms with Crippen molar-refractivity contribution in [2.24, 2.45) is 0 Å². The van der Waals surface area contributed by atoms with E-state index in [1.165, 1.54) is 206 Å². The summed E-state index contributed by atoms with van der Waals surface area (Å²) < 4.78 is 0. The molecule has 0 rings (SSSR count). The summed E-state index contributed by atoms with van der Waals surface area (Å²) in [5.74, 6) is 0. The lowest BCUT2D eigenvalue weighted by molar-refractivity contribution is 0.516. The van der Waals surface area contributed by atoms with Gasteiger partial charge in [0.1, 0.15) is 0 Å². The van der Waals surface area contributed by atoms with Gasteiger partial charge in [-0.2, -0.15) is 0 Å². The first-order valence-corrected chi connectivity index (χ1v) is 18.1. The first-order chi connectivity index (χ1) is 18.4. The lowest BCUT2D eigenvalue weighted by Crippen LogP contribution is -2.16. The van der Waals surface area contributed by atoms with Gasteiger partial charge < -0.3 is 5.32 Å². The third kappa shape index (κ3) is 40.6. The predicted octanol–water partition coefficient (Wildman–Crippen LogP) is 13.3. The van der Waals surface area contributed by atoms with Crippen molar-refractivity contribution in [1.82, 2.24) is 5.32 Å². The monoisotopic (exact) mass is 524 g/mol. The molecule has 0 aliphatic rings. The fraction of sp³-hybridized carbons (Fsp3) is 1.00. The van der Waals surface area contributed by atoms with E-state index in [1.807, 2.05) is 13.8 Å². The van der Waals surface area contributed by atoms with Gasteiger partial charge in [-0.3, -0.25) is 0 Å². The van der Waals surface area contributed by atoms with Crippen molar-refractivity contribution in [2.45, 2.75) is 220 Å². The van der Waals surface area contributed by atoms with Crippen LogP contribution in [0.2, 0.25) is 0 Å². The molecule has 0 bridgehead atoms. The summed E-state index contributed by atoms with van der Waals surface area (Å²) in [5.41, 5.74) is 0. The first-order valence-electron chi connectivity index (χ1n) is 18.1. The minimum atomic E-state index is 1.25. The van der Waals surface area contributed by atoms with Crippen LogP contribution in [0.25, 0.3) is 0 Å². The molecule has 0 amide bonds. The van der Waals surface area contributed by atoms with Gasteiger partial charge in [0.2, 0.25) is 0 Å². The van der Waals surface area contributed by atoms with Crippen molar-refractivity contribution >= 4 is 0 Å². The van der Waals surface area contributed by atoms with Crippen LogP contribution in [0.1, 0.15) is 220 Å². The van der Waals surface area contributed by atoms with Crippen molar-refractivity contribution in [3.8, 4) is 0 Å². The zero-order valence-electron chi connectivity index (χ0n) is 27.1. The molecule has 226 valence electrons. The molecule has 0 heterocycles. The third-order valence-corrected chi connectivity index (χ3v) is 7.91. The third-order valence-electron chi connectivity index (χ3n) is 7.91. The van der Waals surface area contributed by atoms with Gasteiger partial charge in [0.15, 0.2) is 0 Å². The highest BCUT2D eigenvalue weighted by molar-refractivity contribution is 4.54. The van der Waals surface area contributed by atoms with E-state index in [9.17, 15) is 0 Å². The minimum Gasteiger partial charge on any atom is -0.317 e. The van der Waals surface area contributed by atoms with E-state index in [1.54, 1.807) is 0 Å². The van der Waals surface area contributed by atoms with Gasteiger partial charge in [0, 0.05) is 0 Å². The minimum absolute atomic E-state index is 1.25. The van der Waals surface area contributed by atoms with Crippen LogP contribution in [-0.4, -0.2) is 13.1 Å². The van der Waals surface area contributed by atoms with Crippen LogP contribution in [0.3, 0.4) is 0 Å². The Morgan fingerprint density at radius 1 is 0.243 bits per heavy atom. The Bertz CT molecular complexity index is 308. The molecule has 0 radical (unpaired) electrons. The zero-order valence-corrected chi connectivity index (χ0v) is 27.1. The number of hydrogen-bond donors (Lipinski definition) is 1. The second-order valence-electron chi connectivity index (χ2n) is 11.6. The predicted molar refractivity (Wildman–Crippen MR) is 174 cm³/mol. The van der Waals surface area contributed by atoms with Gasteiger partial charge in [-0.25, -0.2) is 0 Å². The van der Waals surface area contributed by atoms with E-state index in [4.69, 9.17) is 0 Å². The topological polar surface area (TPSA) is 12.0 Å². The lowest BCUT2D eigenvalue weighted by Gasteiger charge is -2.06. The molecule has 0 aliphatic heterocycles. The smallest absolute Gasteiger partial charge is 0.00489 e. The van der Waals surface area contributed by atoms with Crippen molar-refractivity contribution in [3.63, 3.8) is 0 Å². The molecule has 0 aromatic heterocycles. The molecule has 0 aromatic rings. The summed E-state index contributed by atoms with van der Waals surface area (Å²) in [5, 5.41) is 3.68.